The average Bonchev–Trinajstić information content (AvgIpc) is 4.13. The zero-order valence-electron chi connectivity index (χ0n) is 42.4. The molecule has 17 nitrogen and oxygen atoms in total. The summed E-state index contributed by atoms with van der Waals surface area (Å²) >= 11 is 1.40. The summed E-state index contributed by atoms with van der Waals surface area (Å²) in [4.78, 5) is 85.6. The minimum atomic E-state index is -1.10. The van der Waals surface area contributed by atoms with Crippen LogP contribution in [0.3, 0.4) is 0 Å². The van der Waals surface area contributed by atoms with E-state index in [1.165, 1.54) is 21.2 Å². The summed E-state index contributed by atoms with van der Waals surface area (Å²) in [6, 6.07) is 7.58. The maximum atomic E-state index is 14.7. The summed E-state index contributed by atoms with van der Waals surface area (Å²) in [5.74, 6) is 2.92. The molecule has 0 aliphatic carbocycles. The van der Waals surface area contributed by atoms with E-state index >= 15 is 0 Å². The highest BCUT2D eigenvalue weighted by Crippen LogP contribution is 2.42. The van der Waals surface area contributed by atoms with E-state index in [4.69, 9.17) is 24.2 Å². The zero-order chi connectivity index (χ0) is 50.6. The van der Waals surface area contributed by atoms with Gasteiger partial charge in [0, 0.05) is 98.9 Å². The van der Waals surface area contributed by atoms with Gasteiger partial charge in [-0.25, -0.2) is 10.4 Å². The van der Waals surface area contributed by atoms with Crippen LogP contribution in [0.25, 0.3) is 33.4 Å². The molecular weight excluding hydrogens is 923 g/mol. The number of fused-ring (bicyclic) bond motifs is 6. The molecule has 4 aromatic rings. The van der Waals surface area contributed by atoms with Crippen LogP contribution in [0.5, 0.6) is 0 Å². The number of carbonyl (C=O) groups is 5. The number of carbonyl (C=O) groups excluding carboxylic acids is 5. The molecule has 0 saturated carbocycles. The predicted molar refractivity (Wildman–Crippen MR) is 270 cm³/mol. The number of benzene rings is 1. The Balaban J connectivity index is 1.08. The SMILES string of the molecule is CCn1c(-c2cccnc2[C@H](C)OC)c2c3cc(ccc31)-c1csc(n1)C[C@H](NC(=O)C(C(C)C)N(C)C(=O)[C@H]1CCN(C(=O)C#CCN3CCOCC3)C1)C(=O)N1CCC[C@H](N1)C(=O)OCC(C)(C)C2. The first-order chi connectivity index (χ1) is 34.1. The van der Waals surface area contributed by atoms with Crippen molar-refractivity contribution in [2.45, 2.75) is 104 Å². The number of morpholine rings is 1. The number of pyridine rings is 1. The molecule has 5 atom stereocenters. The fourth-order valence-electron chi connectivity index (χ4n) is 10.4. The summed E-state index contributed by atoms with van der Waals surface area (Å²) in [7, 11) is 3.29. The number of thiazole rings is 1. The number of aryl methyl sites for hydroxylation is 1. The number of hydrogen-bond acceptors (Lipinski definition) is 13. The van der Waals surface area contributed by atoms with E-state index in [1.807, 2.05) is 32.2 Å². The highest BCUT2D eigenvalue weighted by atomic mass is 32.1. The second kappa shape index (κ2) is 22.4. The molecule has 4 aliphatic heterocycles. The molecule has 18 heteroatoms. The van der Waals surface area contributed by atoms with Gasteiger partial charge in [0.1, 0.15) is 18.1 Å². The van der Waals surface area contributed by atoms with Gasteiger partial charge in [-0.1, -0.05) is 39.7 Å². The highest BCUT2D eigenvalue weighted by molar-refractivity contribution is 7.10. The van der Waals surface area contributed by atoms with E-state index in [-0.39, 0.29) is 43.4 Å². The van der Waals surface area contributed by atoms with Crippen LogP contribution in [0.4, 0.5) is 0 Å². The fraction of sp³-hybridized carbons (Fsp3) is 0.566. The van der Waals surface area contributed by atoms with Gasteiger partial charge < -0.3 is 33.9 Å². The molecular formula is C53H69N9O8S. The maximum Gasteiger partial charge on any atom is 0.324 e. The maximum absolute atomic E-state index is 14.7. The zero-order valence-corrected chi connectivity index (χ0v) is 43.2. The standard InChI is InChI=1S/C53H69N9O8S/c1-9-61-43-17-16-35-27-38(43)39(48(61)37-13-10-19-54-46(37)34(4)68-8)29-53(5,6)32-70-52(67)40-14-11-21-62(57-40)51(66)41(28-44-55-42(35)31-71-44)56-49(64)47(33(2)3)58(7)50(65)36-18-22-60(30-36)45(63)15-12-20-59-23-25-69-26-24-59/h10,13,16-17,19,27,31,33-34,36,40-41,47,57H,9,11,14,18,20-26,28-30,32H2,1-8H3,(H,56,64)/t34-,36-,40-,41-,47?/m0/s1. The molecule has 1 aromatic carbocycles. The second-order valence-electron chi connectivity index (χ2n) is 20.3. The number of amides is 4. The molecule has 3 fully saturated rings. The van der Waals surface area contributed by atoms with Crippen LogP contribution < -0.4 is 10.7 Å². The Kier molecular flexibility index (Phi) is 16.3. The molecule has 8 rings (SSSR count). The molecule has 6 bridgehead atoms. The number of nitrogens with one attached hydrogen (secondary N) is 2. The summed E-state index contributed by atoms with van der Waals surface area (Å²) in [6.07, 6.45) is 3.60. The van der Waals surface area contributed by atoms with E-state index in [2.05, 4.69) is 77.1 Å². The van der Waals surface area contributed by atoms with Gasteiger partial charge in [0.2, 0.25) is 11.8 Å². The highest BCUT2D eigenvalue weighted by Gasteiger charge is 2.40. The van der Waals surface area contributed by atoms with Crippen LogP contribution in [0.1, 0.15) is 83.2 Å². The number of likely N-dealkylation sites (tertiary alicyclic amines) is 1. The fourth-order valence-corrected chi connectivity index (χ4v) is 11.2. The van der Waals surface area contributed by atoms with Crippen molar-refractivity contribution in [1.82, 2.24) is 45.0 Å². The molecule has 380 valence electrons. The van der Waals surface area contributed by atoms with Gasteiger partial charge in [0.25, 0.3) is 11.8 Å². The van der Waals surface area contributed by atoms with Crippen molar-refractivity contribution in [3.05, 3.63) is 58.2 Å². The Morgan fingerprint density at radius 3 is 2.62 bits per heavy atom. The summed E-state index contributed by atoms with van der Waals surface area (Å²) < 4.78 is 19.7. The normalized spacial score (nSPS) is 21.8. The lowest BCUT2D eigenvalue weighted by molar-refractivity contribution is -0.155. The van der Waals surface area contributed by atoms with Gasteiger partial charge in [-0.15, -0.1) is 11.3 Å². The number of hydrogen-bond donors (Lipinski definition) is 2. The molecule has 71 heavy (non-hydrogen) atoms. The first-order valence-corrected chi connectivity index (χ1v) is 25.9. The van der Waals surface area contributed by atoms with Gasteiger partial charge in [0.15, 0.2) is 0 Å². The van der Waals surface area contributed by atoms with Crippen molar-refractivity contribution in [1.29, 1.82) is 0 Å². The van der Waals surface area contributed by atoms with Crippen LogP contribution >= 0.6 is 11.3 Å². The topological polar surface area (TPSA) is 181 Å². The number of likely N-dealkylation sites (N-methyl/N-ethyl adjacent to an activating group) is 1. The van der Waals surface area contributed by atoms with E-state index in [0.29, 0.717) is 70.1 Å². The van der Waals surface area contributed by atoms with Gasteiger partial charge in [-0.2, -0.15) is 0 Å². The quantitative estimate of drug-likeness (QED) is 0.163. The first-order valence-electron chi connectivity index (χ1n) is 25.0. The van der Waals surface area contributed by atoms with Crippen LogP contribution in [0, 0.1) is 29.1 Å². The van der Waals surface area contributed by atoms with Crippen molar-refractivity contribution >= 4 is 51.8 Å². The Morgan fingerprint density at radius 1 is 1.08 bits per heavy atom. The summed E-state index contributed by atoms with van der Waals surface area (Å²) in [5.41, 5.74) is 9.24. The summed E-state index contributed by atoms with van der Waals surface area (Å²) in [6.45, 7) is 17.1. The average molecular weight is 992 g/mol. The lowest BCUT2D eigenvalue weighted by atomic mass is 9.84. The van der Waals surface area contributed by atoms with Crippen molar-refractivity contribution in [2.75, 3.05) is 73.2 Å². The molecule has 3 aromatic heterocycles. The predicted octanol–water partition coefficient (Wildman–Crippen LogP) is 4.87. The molecule has 0 spiro atoms. The van der Waals surface area contributed by atoms with E-state index in [9.17, 15) is 24.0 Å². The van der Waals surface area contributed by atoms with Gasteiger partial charge in [-0.3, -0.25) is 38.9 Å². The number of cyclic esters (lactones) is 1. The molecule has 2 N–H and O–H groups in total. The van der Waals surface area contributed by atoms with Crippen LogP contribution in [0.2, 0.25) is 0 Å². The Morgan fingerprint density at radius 2 is 1.87 bits per heavy atom. The van der Waals surface area contributed by atoms with Gasteiger partial charge in [-0.05, 0) is 81.2 Å². The van der Waals surface area contributed by atoms with Crippen molar-refractivity contribution < 1.29 is 38.2 Å². The van der Waals surface area contributed by atoms with Gasteiger partial charge >= 0.3 is 5.97 Å². The molecule has 7 heterocycles. The number of nitrogens with zero attached hydrogens (tertiary/aromatic N) is 7. The van der Waals surface area contributed by atoms with Crippen LogP contribution in [-0.2, 0) is 57.6 Å². The molecule has 4 aliphatic rings. The number of rotatable bonds is 10. The third-order valence-corrected chi connectivity index (χ3v) is 15.1. The van der Waals surface area contributed by atoms with Crippen LogP contribution in [0.15, 0.2) is 41.9 Å². The second-order valence-corrected chi connectivity index (χ2v) is 21.3. The number of ether oxygens (including phenoxy) is 3. The van der Waals surface area contributed by atoms with Crippen molar-refractivity contribution in [3.63, 3.8) is 0 Å². The van der Waals surface area contributed by atoms with Crippen molar-refractivity contribution in [2.24, 2.45) is 17.3 Å². The number of aromatic nitrogens is 3. The monoisotopic (exact) mass is 991 g/mol. The molecule has 4 amide bonds. The van der Waals surface area contributed by atoms with Crippen LogP contribution in [-0.4, -0.2) is 155 Å². The van der Waals surface area contributed by atoms with E-state index in [0.717, 1.165) is 57.8 Å². The third kappa shape index (κ3) is 11.5. The van der Waals surface area contributed by atoms with Crippen molar-refractivity contribution in [3.8, 4) is 34.4 Å². The first kappa shape index (κ1) is 51.6. The number of hydrazine groups is 1. The lowest BCUT2D eigenvalue weighted by Crippen LogP contribution is -2.62. The van der Waals surface area contributed by atoms with E-state index in [1.54, 1.807) is 25.3 Å². The largest absolute Gasteiger partial charge is 0.464 e. The van der Waals surface area contributed by atoms with Gasteiger partial charge in [0.05, 0.1) is 60.5 Å². The third-order valence-electron chi connectivity index (χ3n) is 14.2. The van der Waals surface area contributed by atoms with E-state index < -0.39 is 47.2 Å². The minimum absolute atomic E-state index is 0.0663. The Labute approximate surface area is 420 Å². The summed E-state index contributed by atoms with van der Waals surface area (Å²) in [5, 5.41) is 8.11. The Hall–Kier alpha value is -5.71. The Bertz CT molecular complexity index is 2680. The smallest absolute Gasteiger partial charge is 0.324 e. The lowest BCUT2D eigenvalue weighted by Gasteiger charge is -2.36. The minimum Gasteiger partial charge on any atom is -0.464 e. The number of methoxy groups -OCH3 is 1. The molecule has 1 unspecified atom stereocenters. The molecule has 3 saturated heterocycles. The number of esters is 1. The molecule has 0 radical (unpaired) electrons.